The molecule has 1 heterocycles. The Hall–Kier alpha value is -0.610. The summed E-state index contributed by atoms with van der Waals surface area (Å²) >= 11 is 0. The minimum absolute atomic E-state index is 0.179. The zero-order valence-electron chi connectivity index (χ0n) is 7.42. The molecular weight excluding hydrogens is 156 g/mol. The number of hydrogen-bond donors (Lipinski definition) is 2. The van der Waals surface area contributed by atoms with Crippen LogP contribution >= 0.6 is 0 Å². The zero-order valence-corrected chi connectivity index (χ0v) is 7.42. The molecule has 1 atom stereocenters. The highest BCUT2D eigenvalue weighted by molar-refractivity contribution is 5.69. The molecule has 0 aromatic rings. The predicted molar refractivity (Wildman–Crippen MR) is 46.2 cm³/mol. The summed E-state index contributed by atoms with van der Waals surface area (Å²) in [4.78, 5) is 12.4. The van der Waals surface area contributed by atoms with Crippen molar-refractivity contribution in [2.24, 2.45) is 0 Å². The average molecular weight is 172 g/mol. The van der Waals surface area contributed by atoms with E-state index in [1.807, 2.05) is 4.90 Å². The summed E-state index contributed by atoms with van der Waals surface area (Å²) in [6, 6.07) is 0.470. The summed E-state index contributed by atoms with van der Waals surface area (Å²) in [5, 5.41) is 11.9. The van der Waals surface area contributed by atoms with Gasteiger partial charge in [-0.15, -0.1) is 0 Å². The van der Waals surface area contributed by atoms with Crippen LogP contribution in [0, 0.1) is 0 Å². The van der Waals surface area contributed by atoms with Gasteiger partial charge in [-0.3, -0.25) is 9.69 Å². The van der Waals surface area contributed by atoms with Gasteiger partial charge in [0, 0.05) is 25.7 Å². The summed E-state index contributed by atoms with van der Waals surface area (Å²) in [6.45, 7) is 4.91. The van der Waals surface area contributed by atoms with E-state index in [1.54, 1.807) is 0 Å². The molecule has 1 fully saturated rings. The molecule has 0 unspecified atom stereocenters. The molecular formula is C8H16N2O2. The van der Waals surface area contributed by atoms with E-state index >= 15 is 0 Å². The Morgan fingerprint density at radius 1 is 1.75 bits per heavy atom. The monoisotopic (exact) mass is 172 g/mol. The number of nitrogens with one attached hydrogen (secondary N) is 1. The third-order valence-corrected chi connectivity index (χ3v) is 2.19. The van der Waals surface area contributed by atoms with Crippen molar-refractivity contribution in [2.45, 2.75) is 19.4 Å². The lowest BCUT2D eigenvalue weighted by Gasteiger charge is -2.31. The number of hydrogen-bond acceptors (Lipinski definition) is 3. The Bertz CT molecular complexity index is 161. The summed E-state index contributed by atoms with van der Waals surface area (Å²) in [5.41, 5.74) is 0. The molecule has 0 radical (unpaired) electrons. The Balaban J connectivity index is 2.30. The van der Waals surface area contributed by atoms with Gasteiger partial charge in [0.1, 0.15) is 0 Å². The van der Waals surface area contributed by atoms with E-state index in [0.717, 1.165) is 26.1 Å². The molecule has 1 aliphatic rings. The maximum absolute atomic E-state index is 10.4. The summed E-state index contributed by atoms with van der Waals surface area (Å²) in [5.74, 6) is -0.730. The Morgan fingerprint density at radius 3 is 3.08 bits per heavy atom. The Morgan fingerprint density at radius 2 is 2.50 bits per heavy atom. The number of nitrogens with zero attached hydrogens (tertiary/aromatic N) is 1. The number of piperazine rings is 1. The summed E-state index contributed by atoms with van der Waals surface area (Å²) < 4.78 is 0. The van der Waals surface area contributed by atoms with Crippen molar-refractivity contribution < 1.29 is 9.90 Å². The molecule has 0 aliphatic carbocycles. The largest absolute Gasteiger partial charge is 0.480 e. The number of aliphatic carboxylic acids is 1. The maximum Gasteiger partial charge on any atom is 0.317 e. The maximum atomic E-state index is 10.4. The summed E-state index contributed by atoms with van der Waals surface area (Å²) in [6.07, 6.45) is 1.07. The number of carboxylic acids is 1. The number of rotatable bonds is 3. The fourth-order valence-corrected chi connectivity index (χ4v) is 1.50. The van der Waals surface area contributed by atoms with Gasteiger partial charge < -0.3 is 10.4 Å². The second kappa shape index (κ2) is 4.42. The smallest absolute Gasteiger partial charge is 0.317 e. The first-order valence-corrected chi connectivity index (χ1v) is 4.40. The van der Waals surface area contributed by atoms with Crippen LogP contribution in [0.5, 0.6) is 0 Å². The molecule has 0 aromatic heterocycles. The lowest BCUT2D eigenvalue weighted by molar-refractivity contribution is -0.138. The molecule has 0 amide bonds. The van der Waals surface area contributed by atoms with Crippen molar-refractivity contribution in [1.29, 1.82) is 0 Å². The van der Waals surface area contributed by atoms with Crippen LogP contribution in [-0.4, -0.2) is 48.2 Å². The van der Waals surface area contributed by atoms with E-state index in [-0.39, 0.29) is 6.54 Å². The van der Waals surface area contributed by atoms with Gasteiger partial charge >= 0.3 is 5.97 Å². The van der Waals surface area contributed by atoms with Crippen LogP contribution in [0.25, 0.3) is 0 Å². The fraction of sp³-hybridized carbons (Fsp3) is 0.875. The number of carboxylic acid groups (broad SMARTS) is 1. The Kier molecular flexibility index (Phi) is 3.49. The molecule has 0 aromatic carbocycles. The van der Waals surface area contributed by atoms with E-state index in [9.17, 15) is 4.79 Å². The fourth-order valence-electron chi connectivity index (χ4n) is 1.50. The minimum Gasteiger partial charge on any atom is -0.480 e. The zero-order chi connectivity index (χ0) is 8.97. The van der Waals surface area contributed by atoms with Gasteiger partial charge in [0.15, 0.2) is 0 Å². The lowest BCUT2D eigenvalue weighted by Crippen LogP contribution is -2.51. The molecule has 0 saturated carbocycles. The van der Waals surface area contributed by atoms with E-state index < -0.39 is 5.97 Å². The minimum atomic E-state index is -0.730. The van der Waals surface area contributed by atoms with Gasteiger partial charge in [-0.1, -0.05) is 6.92 Å². The van der Waals surface area contributed by atoms with Crippen LogP contribution < -0.4 is 5.32 Å². The standard InChI is InChI=1S/C8H16N2O2/c1-2-7-5-10(4-3-9-7)6-8(11)12/h7,9H,2-6H2,1H3,(H,11,12)/t7-/m1/s1. The van der Waals surface area contributed by atoms with Crippen LogP contribution in [-0.2, 0) is 4.79 Å². The van der Waals surface area contributed by atoms with Crippen molar-refractivity contribution in [3.8, 4) is 0 Å². The molecule has 1 saturated heterocycles. The van der Waals surface area contributed by atoms with Crippen molar-refractivity contribution in [2.75, 3.05) is 26.2 Å². The van der Waals surface area contributed by atoms with Crippen molar-refractivity contribution in [3.05, 3.63) is 0 Å². The third kappa shape index (κ3) is 2.79. The van der Waals surface area contributed by atoms with Crippen molar-refractivity contribution >= 4 is 5.97 Å². The topological polar surface area (TPSA) is 52.6 Å². The highest BCUT2D eigenvalue weighted by Gasteiger charge is 2.18. The highest BCUT2D eigenvalue weighted by Crippen LogP contribution is 2.01. The Labute approximate surface area is 72.6 Å². The van der Waals surface area contributed by atoms with Crippen molar-refractivity contribution in [3.63, 3.8) is 0 Å². The van der Waals surface area contributed by atoms with E-state index in [1.165, 1.54) is 0 Å². The molecule has 12 heavy (non-hydrogen) atoms. The van der Waals surface area contributed by atoms with E-state index in [0.29, 0.717) is 6.04 Å². The molecule has 1 rings (SSSR count). The van der Waals surface area contributed by atoms with Crippen LogP contribution in [0.4, 0.5) is 0 Å². The molecule has 4 heteroatoms. The normalized spacial score (nSPS) is 25.6. The van der Waals surface area contributed by atoms with Gasteiger partial charge in [-0.05, 0) is 6.42 Å². The van der Waals surface area contributed by atoms with E-state index in [4.69, 9.17) is 5.11 Å². The van der Waals surface area contributed by atoms with Gasteiger partial charge in [0.05, 0.1) is 6.54 Å². The van der Waals surface area contributed by atoms with Gasteiger partial charge in [-0.2, -0.15) is 0 Å². The predicted octanol–water partition coefficient (Wildman–Crippen LogP) is -0.245. The first-order chi connectivity index (χ1) is 5.72. The van der Waals surface area contributed by atoms with E-state index in [2.05, 4.69) is 12.2 Å². The lowest BCUT2D eigenvalue weighted by atomic mass is 10.1. The van der Waals surface area contributed by atoms with Crippen LogP contribution in [0.3, 0.4) is 0 Å². The molecule has 0 spiro atoms. The molecule has 2 N–H and O–H groups in total. The first-order valence-electron chi connectivity index (χ1n) is 4.40. The quantitative estimate of drug-likeness (QED) is 0.616. The molecule has 4 nitrogen and oxygen atoms in total. The van der Waals surface area contributed by atoms with Gasteiger partial charge in [0.2, 0.25) is 0 Å². The van der Waals surface area contributed by atoms with Crippen molar-refractivity contribution in [1.82, 2.24) is 10.2 Å². The summed E-state index contributed by atoms with van der Waals surface area (Å²) in [7, 11) is 0. The molecule has 0 bridgehead atoms. The number of carbonyl (C=O) groups is 1. The molecule has 1 aliphatic heterocycles. The first kappa shape index (κ1) is 9.48. The van der Waals surface area contributed by atoms with Crippen LogP contribution in [0.2, 0.25) is 0 Å². The second-order valence-corrected chi connectivity index (χ2v) is 3.19. The van der Waals surface area contributed by atoms with Crippen LogP contribution in [0.15, 0.2) is 0 Å². The van der Waals surface area contributed by atoms with Crippen LogP contribution in [0.1, 0.15) is 13.3 Å². The highest BCUT2D eigenvalue weighted by atomic mass is 16.4. The third-order valence-electron chi connectivity index (χ3n) is 2.19. The average Bonchev–Trinajstić information content (AvgIpc) is 2.03. The SMILES string of the molecule is CC[C@@H]1CN(CC(=O)O)CCN1. The second-order valence-electron chi connectivity index (χ2n) is 3.19. The van der Waals surface area contributed by atoms with Gasteiger partial charge in [-0.25, -0.2) is 0 Å². The van der Waals surface area contributed by atoms with Gasteiger partial charge in [0.25, 0.3) is 0 Å². The molecule has 70 valence electrons.